The number of nitrogens with zero attached hydrogens (tertiary/aromatic N) is 1. The predicted octanol–water partition coefficient (Wildman–Crippen LogP) is 1.17. The summed E-state index contributed by atoms with van der Waals surface area (Å²) in [4.78, 5) is 2.48. The lowest BCUT2D eigenvalue weighted by Gasteiger charge is -2.47. The van der Waals surface area contributed by atoms with Gasteiger partial charge in [-0.1, -0.05) is 0 Å². The molecule has 3 fully saturated rings. The number of hydrogen-bond donors (Lipinski definition) is 1. The van der Waals surface area contributed by atoms with Gasteiger partial charge in [0, 0.05) is 12.6 Å². The maximum Gasteiger partial charge on any atom is 0.0545 e. The van der Waals surface area contributed by atoms with Crippen molar-refractivity contribution in [1.29, 1.82) is 0 Å². The summed E-state index contributed by atoms with van der Waals surface area (Å²) in [5.74, 6) is 0.964. The van der Waals surface area contributed by atoms with Crippen LogP contribution in [0.2, 0.25) is 0 Å². The molecule has 2 heteroatoms. The fourth-order valence-corrected chi connectivity index (χ4v) is 2.61. The van der Waals surface area contributed by atoms with Gasteiger partial charge >= 0.3 is 0 Å². The molecule has 3 rings (SSSR count). The molecule has 2 bridgehead atoms. The van der Waals surface area contributed by atoms with Crippen molar-refractivity contribution in [2.45, 2.75) is 44.8 Å². The van der Waals surface area contributed by atoms with Crippen LogP contribution in [0.1, 0.15) is 32.6 Å². The van der Waals surface area contributed by atoms with E-state index in [0.29, 0.717) is 0 Å². The van der Waals surface area contributed by atoms with Gasteiger partial charge < -0.3 is 5.73 Å². The van der Waals surface area contributed by atoms with E-state index in [1.165, 1.54) is 32.2 Å². The van der Waals surface area contributed by atoms with Crippen LogP contribution in [0.4, 0.5) is 0 Å². The molecule has 2 nitrogen and oxygen atoms in total. The molecule has 0 aromatic rings. The number of rotatable bonds is 1. The highest BCUT2D eigenvalue weighted by molar-refractivity contribution is 4.88. The number of hydrogen-bond acceptors (Lipinski definition) is 2. The Bertz CT molecular complexity index is 136. The molecule has 1 aliphatic carbocycles. The highest BCUT2D eigenvalue weighted by atomic mass is 15.3. The lowest BCUT2D eigenvalue weighted by Crippen LogP contribution is -2.54. The molecule has 2 saturated heterocycles. The third-order valence-electron chi connectivity index (χ3n) is 3.28. The molecule has 0 aromatic carbocycles. The Balaban J connectivity index is 2.03. The quantitative estimate of drug-likeness (QED) is 0.614. The average Bonchev–Trinajstić information content (AvgIpc) is 2.06. The summed E-state index contributed by atoms with van der Waals surface area (Å²) in [7, 11) is 0. The third-order valence-corrected chi connectivity index (χ3v) is 3.28. The summed E-state index contributed by atoms with van der Waals surface area (Å²) in [6, 6.07) is 0.819. The first-order chi connectivity index (χ1) is 5.27. The zero-order chi connectivity index (χ0) is 7.84. The number of nitrogens with two attached hydrogens (primary N) is 1. The van der Waals surface area contributed by atoms with Crippen LogP contribution in [0.5, 0.6) is 0 Å². The maximum atomic E-state index is 5.88. The van der Waals surface area contributed by atoms with Crippen molar-refractivity contribution in [2.24, 2.45) is 11.7 Å². The Labute approximate surface area is 68.7 Å². The zero-order valence-electron chi connectivity index (χ0n) is 7.29. The first-order valence-corrected chi connectivity index (χ1v) is 4.78. The Morgan fingerprint density at radius 3 is 2.18 bits per heavy atom. The minimum atomic E-state index is 0.281. The third kappa shape index (κ3) is 1.30. The first-order valence-electron chi connectivity index (χ1n) is 4.78. The summed E-state index contributed by atoms with van der Waals surface area (Å²) >= 11 is 0. The van der Waals surface area contributed by atoms with E-state index in [9.17, 15) is 0 Å². The minimum absolute atomic E-state index is 0.281. The predicted molar refractivity (Wildman–Crippen MR) is 46.1 cm³/mol. The van der Waals surface area contributed by atoms with E-state index in [-0.39, 0.29) is 6.17 Å². The van der Waals surface area contributed by atoms with Crippen molar-refractivity contribution in [3.8, 4) is 0 Å². The molecule has 1 atom stereocenters. The van der Waals surface area contributed by atoms with Crippen molar-refractivity contribution in [2.75, 3.05) is 6.54 Å². The fraction of sp³-hybridized carbons (Fsp3) is 1.00. The Morgan fingerprint density at radius 2 is 1.91 bits per heavy atom. The van der Waals surface area contributed by atoms with Crippen LogP contribution in [-0.2, 0) is 0 Å². The molecule has 2 heterocycles. The van der Waals surface area contributed by atoms with Crippen LogP contribution in [0.25, 0.3) is 0 Å². The van der Waals surface area contributed by atoms with E-state index in [0.717, 1.165) is 12.0 Å². The lowest BCUT2D eigenvalue weighted by atomic mass is 9.80. The van der Waals surface area contributed by atoms with Gasteiger partial charge in [-0.15, -0.1) is 0 Å². The maximum absolute atomic E-state index is 5.88. The highest BCUT2D eigenvalue weighted by Crippen LogP contribution is 2.34. The molecule has 0 radical (unpaired) electrons. The van der Waals surface area contributed by atoms with Gasteiger partial charge in [0.05, 0.1) is 6.17 Å². The Kier molecular flexibility index (Phi) is 1.90. The topological polar surface area (TPSA) is 29.3 Å². The van der Waals surface area contributed by atoms with Crippen LogP contribution in [0.15, 0.2) is 0 Å². The molecule has 2 aliphatic heterocycles. The minimum Gasteiger partial charge on any atom is -0.316 e. The van der Waals surface area contributed by atoms with Crippen molar-refractivity contribution in [3.05, 3.63) is 0 Å². The second-order valence-electron chi connectivity index (χ2n) is 4.11. The van der Waals surface area contributed by atoms with E-state index in [1.54, 1.807) is 0 Å². The lowest BCUT2D eigenvalue weighted by molar-refractivity contribution is 0.0213. The van der Waals surface area contributed by atoms with Crippen LogP contribution in [-0.4, -0.2) is 23.7 Å². The fourth-order valence-electron chi connectivity index (χ4n) is 2.61. The normalized spacial score (nSPS) is 40.9. The molecule has 1 unspecified atom stereocenters. The average molecular weight is 154 g/mol. The molecular formula is C9H18N2. The first kappa shape index (κ1) is 7.56. The summed E-state index contributed by atoms with van der Waals surface area (Å²) < 4.78 is 0. The monoisotopic (exact) mass is 154 g/mol. The Hall–Kier alpha value is -0.0800. The van der Waals surface area contributed by atoms with Crippen LogP contribution in [0.3, 0.4) is 0 Å². The van der Waals surface area contributed by atoms with Crippen LogP contribution < -0.4 is 5.73 Å². The van der Waals surface area contributed by atoms with Gasteiger partial charge in [0.1, 0.15) is 0 Å². The van der Waals surface area contributed by atoms with Crippen molar-refractivity contribution in [3.63, 3.8) is 0 Å². The van der Waals surface area contributed by atoms with E-state index >= 15 is 0 Å². The summed E-state index contributed by atoms with van der Waals surface area (Å²) in [5, 5.41) is 0. The van der Waals surface area contributed by atoms with Crippen molar-refractivity contribution >= 4 is 0 Å². The highest BCUT2D eigenvalue weighted by Gasteiger charge is 2.34. The molecular weight excluding hydrogens is 136 g/mol. The van der Waals surface area contributed by atoms with Gasteiger partial charge in [0.25, 0.3) is 0 Å². The van der Waals surface area contributed by atoms with Gasteiger partial charge in [0.15, 0.2) is 0 Å². The summed E-state index contributed by atoms with van der Waals surface area (Å²) in [6.07, 6.45) is 5.98. The zero-order valence-corrected chi connectivity index (χ0v) is 7.29. The molecule has 3 aliphatic rings. The van der Waals surface area contributed by atoms with Gasteiger partial charge in [0.2, 0.25) is 0 Å². The summed E-state index contributed by atoms with van der Waals surface area (Å²) in [6.45, 7) is 3.38. The van der Waals surface area contributed by atoms with E-state index in [4.69, 9.17) is 5.73 Å². The number of piperidine rings is 2. The van der Waals surface area contributed by atoms with Crippen molar-refractivity contribution < 1.29 is 0 Å². The molecule has 11 heavy (non-hydrogen) atoms. The van der Waals surface area contributed by atoms with E-state index in [1.807, 2.05) is 0 Å². The van der Waals surface area contributed by atoms with Crippen LogP contribution in [0, 0.1) is 5.92 Å². The van der Waals surface area contributed by atoms with Crippen LogP contribution >= 0.6 is 0 Å². The van der Waals surface area contributed by atoms with Gasteiger partial charge in [-0.3, -0.25) is 4.90 Å². The largest absolute Gasteiger partial charge is 0.316 e. The van der Waals surface area contributed by atoms with Gasteiger partial charge in [-0.05, 0) is 38.5 Å². The molecule has 0 spiro atoms. The summed E-state index contributed by atoms with van der Waals surface area (Å²) in [5.41, 5.74) is 5.88. The molecule has 0 aromatic heterocycles. The van der Waals surface area contributed by atoms with Crippen molar-refractivity contribution in [1.82, 2.24) is 4.90 Å². The van der Waals surface area contributed by atoms with Gasteiger partial charge in [-0.2, -0.15) is 0 Å². The second kappa shape index (κ2) is 2.76. The SMILES string of the molecule is CC(N)N1CC2CCC1CC2. The van der Waals surface area contributed by atoms with E-state index < -0.39 is 0 Å². The van der Waals surface area contributed by atoms with Gasteiger partial charge in [-0.25, -0.2) is 0 Å². The van der Waals surface area contributed by atoms with E-state index in [2.05, 4.69) is 11.8 Å². The molecule has 0 amide bonds. The smallest absolute Gasteiger partial charge is 0.0545 e. The molecule has 1 saturated carbocycles. The number of fused-ring (bicyclic) bond motifs is 3. The molecule has 64 valence electrons. The Morgan fingerprint density at radius 1 is 1.27 bits per heavy atom. The standard InChI is InChI=1S/C9H18N2/c1-7(10)11-6-8-2-4-9(11)5-3-8/h7-9H,2-6,10H2,1H3. The molecule has 2 N–H and O–H groups in total. The second-order valence-corrected chi connectivity index (χ2v) is 4.11.